The molecule has 11 heteroatoms. The van der Waals surface area contributed by atoms with Crippen molar-refractivity contribution in [2.75, 3.05) is 55.3 Å². The molecule has 0 atom stereocenters. The zero-order valence-electron chi connectivity index (χ0n) is 23.1. The van der Waals surface area contributed by atoms with Crippen molar-refractivity contribution in [3.63, 3.8) is 0 Å². The Labute approximate surface area is 235 Å². The molecule has 5 rings (SSSR count). The van der Waals surface area contributed by atoms with Crippen LogP contribution >= 0.6 is 0 Å². The summed E-state index contributed by atoms with van der Waals surface area (Å²) in [6, 6.07) is 13.5. The summed E-state index contributed by atoms with van der Waals surface area (Å²) in [5.41, 5.74) is 4.48. The Balaban J connectivity index is 1.48. The van der Waals surface area contributed by atoms with Gasteiger partial charge in [0.15, 0.2) is 0 Å². The van der Waals surface area contributed by atoms with E-state index in [-0.39, 0.29) is 0 Å². The molecule has 2 aromatic heterocycles. The highest BCUT2D eigenvalue weighted by Gasteiger charge is 2.20. The second kappa shape index (κ2) is 11.6. The number of hydrogen-bond donors (Lipinski definition) is 2. The molecule has 0 bridgehead atoms. The number of likely N-dealkylation sites (N-methyl/N-ethyl adjacent to an activating group) is 1. The average Bonchev–Trinajstić information content (AvgIpc) is 3.60. The van der Waals surface area contributed by atoms with Crippen LogP contribution in [-0.4, -0.2) is 68.2 Å². The molecule has 0 amide bonds. The van der Waals surface area contributed by atoms with Gasteiger partial charge in [-0.15, -0.1) is 0 Å². The lowest BCUT2D eigenvalue weighted by atomic mass is 10.1. The molecule has 210 valence electrons. The first-order chi connectivity index (χ1) is 19.3. The van der Waals surface area contributed by atoms with Gasteiger partial charge in [0.25, 0.3) is 10.0 Å². The highest BCUT2D eigenvalue weighted by molar-refractivity contribution is 7.95. The van der Waals surface area contributed by atoms with Crippen molar-refractivity contribution in [3.05, 3.63) is 66.8 Å². The third-order valence-electron chi connectivity index (χ3n) is 7.23. The zero-order chi connectivity index (χ0) is 28.3. The molecule has 2 aromatic carbocycles. The number of hydrogen-bond acceptors (Lipinski definition) is 8. The first-order valence-corrected chi connectivity index (χ1v) is 14.8. The topological polar surface area (TPSA) is 105 Å². The van der Waals surface area contributed by atoms with Crippen molar-refractivity contribution in [2.24, 2.45) is 7.05 Å². The van der Waals surface area contributed by atoms with Gasteiger partial charge in [-0.1, -0.05) is 24.8 Å². The number of aromatic nitrogens is 3. The molecular weight excluding hydrogens is 526 g/mol. The van der Waals surface area contributed by atoms with Crippen molar-refractivity contribution in [3.8, 4) is 17.0 Å². The minimum Gasteiger partial charge on any atom is -0.494 e. The molecule has 0 unspecified atom stereocenters. The van der Waals surface area contributed by atoms with Crippen LogP contribution in [0.2, 0.25) is 0 Å². The lowest BCUT2D eigenvalue weighted by Crippen LogP contribution is -2.32. The van der Waals surface area contributed by atoms with Gasteiger partial charge in [0.05, 0.1) is 29.9 Å². The van der Waals surface area contributed by atoms with E-state index in [1.807, 2.05) is 49.5 Å². The Bertz CT molecular complexity index is 1630. The van der Waals surface area contributed by atoms with Crippen LogP contribution in [0.25, 0.3) is 22.2 Å². The quantitative estimate of drug-likeness (QED) is 0.269. The van der Waals surface area contributed by atoms with Crippen molar-refractivity contribution >= 4 is 43.9 Å². The van der Waals surface area contributed by atoms with Crippen LogP contribution in [0.4, 0.5) is 23.0 Å². The lowest BCUT2D eigenvalue weighted by molar-refractivity contribution is 0.346. The van der Waals surface area contributed by atoms with Gasteiger partial charge in [-0.05, 0) is 44.1 Å². The maximum absolute atomic E-state index is 12.5. The number of rotatable bonds is 11. The van der Waals surface area contributed by atoms with E-state index in [4.69, 9.17) is 9.72 Å². The molecule has 0 saturated carbocycles. The van der Waals surface area contributed by atoms with Crippen LogP contribution in [0.15, 0.2) is 66.8 Å². The fourth-order valence-electron chi connectivity index (χ4n) is 5.08. The number of likely N-dealkylation sites (tertiary alicyclic amines) is 1. The summed E-state index contributed by atoms with van der Waals surface area (Å²) in [6.45, 7) is 7.25. The van der Waals surface area contributed by atoms with Crippen LogP contribution in [0.5, 0.6) is 5.75 Å². The molecule has 1 aliphatic heterocycles. The number of fused-ring (bicyclic) bond motifs is 1. The first-order valence-electron chi connectivity index (χ1n) is 13.2. The van der Waals surface area contributed by atoms with E-state index < -0.39 is 10.0 Å². The van der Waals surface area contributed by atoms with E-state index in [9.17, 15) is 8.42 Å². The highest BCUT2D eigenvalue weighted by atomic mass is 32.2. The summed E-state index contributed by atoms with van der Waals surface area (Å²) >= 11 is 0. The summed E-state index contributed by atoms with van der Waals surface area (Å²) in [5.74, 6) is 0.889. The zero-order valence-corrected chi connectivity index (χ0v) is 23.9. The molecule has 4 aromatic rings. The van der Waals surface area contributed by atoms with Crippen molar-refractivity contribution in [1.82, 2.24) is 19.4 Å². The standard InChI is InChI=1S/C29H35N7O3S/c1-5-40(37,38)33-24-18-25(28(39-4)19-27(24)34(2)16-17-36-14-8-9-15-36)32-29-30-13-12-23(31-29)22-20-35(3)26-11-7-6-10-21(22)26/h5-7,10-13,18-20,33H,1,8-9,14-17H2,2-4H3,(H,30,31,32). The largest absolute Gasteiger partial charge is 0.494 e. The number of para-hydroxylation sites is 1. The van der Waals surface area contributed by atoms with Crippen LogP contribution in [-0.2, 0) is 17.1 Å². The lowest BCUT2D eigenvalue weighted by Gasteiger charge is -2.26. The number of nitrogens with one attached hydrogen (secondary N) is 2. The number of methoxy groups -OCH3 is 1. The number of sulfonamides is 1. The summed E-state index contributed by atoms with van der Waals surface area (Å²) in [6.07, 6.45) is 6.17. The Morgan fingerprint density at radius 1 is 1.15 bits per heavy atom. The molecule has 0 radical (unpaired) electrons. The maximum atomic E-state index is 12.5. The maximum Gasteiger partial charge on any atom is 0.254 e. The molecule has 40 heavy (non-hydrogen) atoms. The SMILES string of the molecule is C=CS(=O)(=O)Nc1cc(Nc2nccc(-c3cn(C)c4ccccc34)n2)c(OC)cc1N(C)CCN1CCCC1. The second-order valence-electron chi connectivity index (χ2n) is 9.91. The molecule has 1 aliphatic rings. The first kappa shape index (κ1) is 27.5. The Morgan fingerprint density at radius 3 is 2.67 bits per heavy atom. The third-order valence-corrected chi connectivity index (χ3v) is 8.17. The van der Waals surface area contributed by atoms with Gasteiger partial charge < -0.3 is 24.4 Å². The molecule has 0 spiro atoms. The fraction of sp³-hybridized carbons (Fsp3) is 0.310. The fourth-order valence-corrected chi connectivity index (χ4v) is 5.63. The van der Waals surface area contributed by atoms with Crippen LogP contribution in [0.3, 0.4) is 0 Å². The minimum absolute atomic E-state index is 0.358. The van der Waals surface area contributed by atoms with Crippen LogP contribution in [0.1, 0.15) is 12.8 Å². The third kappa shape index (κ3) is 5.90. The summed E-state index contributed by atoms with van der Waals surface area (Å²) < 4.78 is 35.5. The van der Waals surface area contributed by atoms with E-state index in [0.29, 0.717) is 28.8 Å². The molecular formula is C29H35N7O3S. The van der Waals surface area contributed by atoms with Gasteiger partial charge in [0, 0.05) is 67.5 Å². The van der Waals surface area contributed by atoms with Gasteiger partial charge in [-0.25, -0.2) is 18.4 Å². The normalized spacial score (nSPS) is 13.9. The van der Waals surface area contributed by atoms with Crippen molar-refractivity contribution < 1.29 is 13.2 Å². The summed E-state index contributed by atoms with van der Waals surface area (Å²) in [5, 5.41) is 5.22. The van der Waals surface area contributed by atoms with Gasteiger partial charge >= 0.3 is 0 Å². The Morgan fingerprint density at radius 2 is 1.93 bits per heavy atom. The minimum atomic E-state index is -3.75. The van der Waals surface area contributed by atoms with E-state index in [0.717, 1.165) is 53.7 Å². The predicted molar refractivity (Wildman–Crippen MR) is 162 cm³/mol. The average molecular weight is 562 g/mol. The van der Waals surface area contributed by atoms with E-state index in [1.165, 1.54) is 12.8 Å². The van der Waals surface area contributed by atoms with Gasteiger partial charge in [-0.3, -0.25) is 4.72 Å². The predicted octanol–water partition coefficient (Wildman–Crippen LogP) is 4.80. The van der Waals surface area contributed by atoms with E-state index in [1.54, 1.807) is 19.4 Å². The molecule has 1 fully saturated rings. The summed E-state index contributed by atoms with van der Waals surface area (Å²) in [4.78, 5) is 13.6. The van der Waals surface area contributed by atoms with Gasteiger partial charge in [0.2, 0.25) is 5.95 Å². The Kier molecular flexibility index (Phi) is 7.95. The molecule has 3 heterocycles. The highest BCUT2D eigenvalue weighted by Crippen LogP contribution is 2.39. The monoisotopic (exact) mass is 561 g/mol. The number of anilines is 4. The smallest absolute Gasteiger partial charge is 0.254 e. The molecule has 2 N–H and O–H groups in total. The molecule has 1 saturated heterocycles. The van der Waals surface area contributed by atoms with Crippen LogP contribution < -0.4 is 19.7 Å². The number of ether oxygens (including phenoxy) is 1. The van der Waals surface area contributed by atoms with Gasteiger partial charge in [-0.2, -0.15) is 0 Å². The molecule has 10 nitrogen and oxygen atoms in total. The number of benzene rings is 2. The Hall–Kier alpha value is -4.09. The van der Waals surface area contributed by atoms with Crippen LogP contribution in [0, 0.1) is 0 Å². The van der Waals surface area contributed by atoms with Gasteiger partial charge in [0.1, 0.15) is 5.75 Å². The van der Waals surface area contributed by atoms with Crippen molar-refractivity contribution in [1.29, 1.82) is 0 Å². The van der Waals surface area contributed by atoms with Crippen molar-refractivity contribution in [2.45, 2.75) is 12.8 Å². The number of aryl methyl sites for hydroxylation is 1. The second-order valence-corrected chi connectivity index (χ2v) is 11.5. The summed E-state index contributed by atoms with van der Waals surface area (Å²) in [7, 11) is 1.78. The molecule has 0 aliphatic carbocycles. The number of nitrogens with zero attached hydrogens (tertiary/aromatic N) is 5. The van der Waals surface area contributed by atoms with E-state index in [2.05, 4.69) is 43.2 Å². The van der Waals surface area contributed by atoms with E-state index >= 15 is 0 Å².